The Hall–Kier alpha value is -2.31. The molecule has 0 aliphatic rings. The van der Waals surface area contributed by atoms with Crippen LogP contribution in [0, 0.1) is 0 Å². The Bertz CT molecular complexity index is 1160. The minimum absolute atomic E-state index is 0.0421. The maximum Gasteiger partial charge on any atom is 0.242 e. The number of rotatable bonds is 7. The molecule has 2 aromatic carbocycles. The molecule has 0 radical (unpaired) electrons. The van der Waals surface area contributed by atoms with Gasteiger partial charge in [0, 0.05) is 34.2 Å². The number of carbonyl (C=O) groups excluding carboxylic acids is 1. The van der Waals surface area contributed by atoms with Gasteiger partial charge in [-0.25, -0.2) is 8.42 Å². The quantitative estimate of drug-likeness (QED) is 0.517. The van der Waals surface area contributed by atoms with Gasteiger partial charge in [-0.3, -0.25) is 4.79 Å². The zero-order valence-electron chi connectivity index (χ0n) is 17.7. The second kappa shape index (κ2) is 8.82. The molecule has 1 heterocycles. The maximum absolute atomic E-state index is 13.2. The minimum atomic E-state index is -3.63. The highest BCUT2D eigenvalue weighted by molar-refractivity contribution is 7.90. The predicted molar refractivity (Wildman–Crippen MR) is 121 cm³/mol. The molecule has 5 nitrogen and oxygen atoms in total. The van der Waals surface area contributed by atoms with Gasteiger partial charge in [0.2, 0.25) is 5.91 Å². The van der Waals surface area contributed by atoms with Gasteiger partial charge < -0.3 is 9.47 Å². The number of fused-ring (bicyclic) bond motifs is 1. The van der Waals surface area contributed by atoms with Gasteiger partial charge in [0.15, 0.2) is 9.84 Å². The van der Waals surface area contributed by atoms with Crippen molar-refractivity contribution in [2.45, 2.75) is 57.0 Å². The van der Waals surface area contributed by atoms with E-state index in [1.54, 1.807) is 47.2 Å². The van der Waals surface area contributed by atoms with Gasteiger partial charge in [-0.05, 0) is 51.5 Å². The third-order valence-corrected chi connectivity index (χ3v) is 6.98. The third-order valence-electron chi connectivity index (χ3n) is 5.04. The van der Waals surface area contributed by atoms with Crippen LogP contribution in [0.15, 0.2) is 59.6 Å². The Morgan fingerprint density at radius 2 is 1.70 bits per heavy atom. The predicted octanol–water partition coefficient (Wildman–Crippen LogP) is 4.91. The first-order chi connectivity index (χ1) is 14.1. The number of amides is 1. The molecule has 0 bridgehead atoms. The van der Waals surface area contributed by atoms with E-state index in [9.17, 15) is 13.2 Å². The number of hydrogen-bond acceptors (Lipinski definition) is 3. The van der Waals surface area contributed by atoms with Crippen molar-refractivity contribution in [3.63, 3.8) is 0 Å². The molecule has 0 aliphatic carbocycles. The van der Waals surface area contributed by atoms with Gasteiger partial charge in [-0.1, -0.05) is 41.9 Å². The first-order valence-corrected chi connectivity index (χ1v) is 12.0. The second-order valence-corrected chi connectivity index (χ2v) is 10.4. The maximum atomic E-state index is 13.2. The van der Waals surface area contributed by atoms with Crippen LogP contribution in [0.25, 0.3) is 10.9 Å². The van der Waals surface area contributed by atoms with Crippen molar-refractivity contribution < 1.29 is 13.2 Å². The largest absolute Gasteiger partial charge is 0.337 e. The highest BCUT2D eigenvalue weighted by Crippen LogP contribution is 2.29. The van der Waals surface area contributed by atoms with Gasteiger partial charge in [-0.15, -0.1) is 0 Å². The van der Waals surface area contributed by atoms with E-state index in [2.05, 4.69) is 0 Å². The number of sulfone groups is 1. The van der Waals surface area contributed by atoms with E-state index in [1.165, 1.54) is 0 Å². The number of nitrogens with zero attached hydrogens (tertiary/aromatic N) is 2. The molecule has 3 rings (SSSR count). The summed E-state index contributed by atoms with van der Waals surface area (Å²) < 4.78 is 28.2. The summed E-state index contributed by atoms with van der Waals surface area (Å²) in [5.41, 5.74) is 1.35. The van der Waals surface area contributed by atoms with Gasteiger partial charge in [0.05, 0.1) is 10.6 Å². The normalized spacial score (nSPS) is 12.1. The zero-order chi connectivity index (χ0) is 22.1. The topological polar surface area (TPSA) is 59.4 Å². The molecular weight excluding hydrogens is 420 g/mol. The van der Waals surface area contributed by atoms with Crippen molar-refractivity contribution in [3.8, 4) is 0 Å². The summed E-state index contributed by atoms with van der Waals surface area (Å²) in [6, 6.07) is 14.3. The average Bonchev–Trinajstić information content (AvgIpc) is 3.00. The number of hydrogen-bond donors (Lipinski definition) is 0. The van der Waals surface area contributed by atoms with Crippen LogP contribution >= 0.6 is 11.6 Å². The first kappa shape index (κ1) is 22.4. The molecule has 3 aromatic rings. The average molecular weight is 447 g/mol. The third kappa shape index (κ3) is 4.71. The molecular formula is C23H27ClN2O3S. The van der Waals surface area contributed by atoms with Crippen molar-refractivity contribution in [1.82, 2.24) is 9.47 Å². The Balaban J connectivity index is 2.01. The minimum Gasteiger partial charge on any atom is -0.337 e. The van der Waals surface area contributed by atoms with Crippen molar-refractivity contribution in [1.29, 1.82) is 0 Å². The van der Waals surface area contributed by atoms with Crippen molar-refractivity contribution in [2.75, 3.05) is 0 Å². The fraction of sp³-hybridized carbons (Fsp3) is 0.348. The summed E-state index contributed by atoms with van der Waals surface area (Å²) in [7, 11) is -3.63. The smallest absolute Gasteiger partial charge is 0.242 e. The molecule has 0 atom stereocenters. The molecule has 0 spiro atoms. The molecule has 1 amide bonds. The summed E-state index contributed by atoms with van der Waals surface area (Å²) in [6.45, 7) is 8.00. The Labute approximate surface area is 183 Å². The zero-order valence-corrected chi connectivity index (χ0v) is 19.2. The molecule has 0 fully saturated rings. The highest BCUT2D eigenvalue weighted by Gasteiger charge is 2.25. The summed E-state index contributed by atoms with van der Waals surface area (Å²) in [5, 5.41) is 1.12. The lowest BCUT2D eigenvalue weighted by Gasteiger charge is -2.31. The molecule has 160 valence electrons. The SMILES string of the molecule is CC(C)N(C(=O)Cn1cc(S(=O)(=O)Cc2cccc(Cl)c2)c2ccccc21)C(C)C. The van der Waals surface area contributed by atoms with Crippen LogP contribution in [0.2, 0.25) is 5.02 Å². The molecule has 1 aromatic heterocycles. The van der Waals surface area contributed by atoms with E-state index in [0.717, 1.165) is 5.52 Å². The molecule has 30 heavy (non-hydrogen) atoms. The van der Waals surface area contributed by atoms with E-state index in [4.69, 9.17) is 11.6 Å². The van der Waals surface area contributed by atoms with E-state index in [0.29, 0.717) is 16.0 Å². The molecule has 0 aliphatic heterocycles. The Morgan fingerprint density at radius 3 is 2.33 bits per heavy atom. The lowest BCUT2D eigenvalue weighted by Crippen LogP contribution is -2.43. The molecule has 7 heteroatoms. The lowest BCUT2D eigenvalue weighted by atomic mass is 10.2. The summed E-state index contributed by atoms with van der Waals surface area (Å²) in [4.78, 5) is 15.0. The van der Waals surface area contributed by atoms with Crippen LogP contribution in [-0.4, -0.2) is 35.9 Å². The number of carbonyl (C=O) groups is 1. The standard InChI is InChI=1S/C23H27ClN2O3S/c1-16(2)26(17(3)4)23(27)14-25-13-22(20-10-5-6-11-21(20)25)30(28,29)15-18-8-7-9-19(24)12-18/h5-13,16-17H,14-15H2,1-4H3. The highest BCUT2D eigenvalue weighted by atomic mass is 35.5. The van der Waals surface area contributed by atoms with E-state index < -0.39 is 9.84 Å². The summed E-state index contributed by atoms with van der Waals surface area (Å²) in [5.74, 6) is -0.195. The van der Waals surface area contributed by atoms with Crippen molar-refractivity contribution in [3.05, 3.63) is 65.3 Å². The Kier molecular flexibility index (Phi) is 6.58. The summed E-state index contributed by atoms with van der Waals surface area (Å²) >= 11 is 6.02. The van der Waals surface area contributed by atoms with Crippen molar-refractivity contribution >= 4 is 38.2 Å². The molecule has 0 unspecified atom stereocenters. The number of para-hydroxylation sites is 1. The van der Waals surface area contributed by atoms with Crippen LogP contribution in [0.1, 0.15) is 33.3 Å². The van der Waals surface area contributed by atoms with Crippen LogP contribution in [0.3, 0.4) is 0 Å². The van der Waals surface area contributed by atoms with Gasteiger partial charge >= 0.3 is 0 Å². The molecule has 0 saturated carbocycles. The molecule has 0 N–H and O–H groups in total. The fourth-order valence-electron chi connectivity index (χ4n) is 3.92. The van der Waals surface area contributed by atoms with E-state index in [-0.39, 0.29) is 35.2 Å². The van der Waals surface area contributed by atoms with Gasteiger partial charge in [0.25, 0.3) is 0 Å². The van der Waals surface area contributed by atoms with Crippen LogP contribution in [-0.2, 0) is 26.9 Å². The summed E-state index contributed by atoms with van der Waals surface area (Å²) in [6.07, 6.45) is 1.58. The van der Waals surface area contributed by atoms with Gasteiger partial charge in [-0.2, -0.15) is 0 Å². The molecule has 0 saturated heterocycles. The van der Waals surface area contributed by atoms with E-state index >= 15 is 0 Å². The van der Waals surface area contributed by atoms with Crippen LogP contribution in [0.5, 0.6) is 0 Å². The lowest BCUT2D eigenvalue weighted by molar-refractivity contribution is -0.135. The monoisotopic (exact) mass is 446 g/mol. The fourth-order valence-corrected chi connectivity index (χ4v) is 5.70. The first-order valence-electron chi connectivity index (χ1n) is 9.96. The van der Waals surface area contributed by atoms with E-state index in [1.807, 2.05) is 44.7 Å². The van der Waals surface area contributed by atoms with Gasteiger partial charge in [0.1, 0.15) is 6.54 Å². The second-order valence-electron chi connectivity index (χ2n) is 8.02. The number of benzene rings is 2. The van der Waals surface area contributed by atoms with Crippen molar-refractivity contribution in [2.24, 2.45) is 0 Å². The van der Waals surface area contributed by atoms with Crippen LogP contribution < -0.4 is 0 Å². The van der Waals surface area contributed by atoms with Crippen LogP contribution in [0.4, 0.5) is 0 Å². The number of aromatic nitrogens is 1. The number of halogens is 1. The Morgan fingerprint density at radius 1 is 1.03 bits per heavy atom.